The van der Waals surface area contributed by atoms with Crippen molar-refractivity contribution < 1.29 is 14.3 Å². The Kier molecular flexibility index (Phi) is 3.75. The third-order valence-corrected chi connectivity index (χ3v) is 4.86. The largest absolute Gasteiger partial charge is 0.468 e. The van der Waals surface area contributed by atoms with Gasteiger partial charge in [-0.25, -0.2) is 4.79 Å². The first-order valence-electron chi connectivity index (χ1n) is 8.54. The Balaban J connectivity index is 1.63. The number of hydrogen-bond donors (Lipinski definition) is 1. The Morgan fingerprint density at radius 3 is 2.72 bits per heavy atom. The van der Waals surface area contributed by atoms with Gasteiger partial charge in [0.2, 0.25) is 0 Å². The highest BCUT2D eigenvalue weighted by atomic mass is 16.5. The molecule has 4 heteroatoms. The summed E-state index contributed by atoms with van der Waals surface area (Å²) in [5.74, 6) is 0.548. The quantitative estimate of drug-likeness (QED) is 0.865. The molecule has 0 spiro atoms. The highest BCUT2D eigenvalue weighted by molar-refractivity contribution is 5.91. The lowest BCUT2D eigenvalue weighted by Gasteiger charge is -2.45. The third-order valence-electron chi connectivity index (χ3n) is 4.86. The van der Waals surface area contributed by atoms with E-state index in [4.69, 9.17) is 9.47 Å². The summed E-state index contributed by atoms with van der Waals surface area (Å²) >= 11 is 0. The standard InChI is InChI=1S/C21H21NO3/c1-14-19(20(23)24-13-15-8-4-3-5-9-15)17-12-21(2,22-14)25-18-11-7-6-10-16(17)18/h3-11,17,22H,12-13H2,1-2H3/t17-,21-/m0/s1. The number of rotatable bonds is 3. The van der Waals surface area contributed by atoms with Gasteiger partial charge in [-0.2, -0.15) is 0 Å². The maximum Gasteiger partial charge on any atom is 0.336 e. The van der Waals surface area contributed by atoms with Crippen molar-refractivity contribution in [3.05, 3.63) is 77.0 Å². The number of carbonyl (C=O) groups excluding carboxylic acids is 1. The molecule has 128 valence electrons. The van der Waals surface area contributed by atoms with Gasteiger partial charge in [-0.05, 0) is 25.5 Å². The minimum atomic E-state index is -0.494. The Labute approximate surface area is 147 Å². The fraction of sp³-hybridized carbons (Fsp3) is 0.286. The monoisotopic (exact) mass is 335 g/mol. The van der Waals surface area contributed by atoms with Crippen LogP contribution >= 0.6 is 0 Å². The van der Waals surface area contributed by atoms with Crippen molar-refractivity contribution in [1.29, 1.82) is 0 Å². The molecule has 4 rings (SSSR count). The van der Waals surface area contributed by atoms with Crippen molar-refractivity contribution in [2.45, 2.75) is 38.5 Å². The number of carbonyl (C=O) groups is 1. The first-order chi connectivity index (χ1) is 12.1. The van der Waals surface area contributed by atoms with E-state index in [1.807, 2.05) is 68.4 Å². The maximum atomic E-state index is 12.8. The van der Waals surface area contributed by atoms with Crippen LogP contribution in [-0.2, 0) is 16.1 Å². The second kappa shape index (κ2) is 5.96. The molecule has 0 fully saturated rings. The van der Waals surface area contributed by atoms with Crippen molar-refractivity contribution in [2.24, 2.45) is 0 Å². The van der Waals surface area contributed by atoms with Crippen LogP contribution in [0.15, 0.2) is 65.9 Å². The predicted octanol–water partition coefficient (Wildman–Crippen LogP) is 3.89. The molecule has 0 radical (unpaired) electrons. The van der Waals surface area contributed by atoms with Crippen LogP contribution in [0, 0.1) is 0 Å². The molecular formula is C21H21NO3. The third kappa shape index (κ3) is 2.88. The smallest absolute Gasteiger partial charge is 0.336 e. The molecule has 2 aromatic carbocycles. The molecule has 4 nitrogen and oxygen atoms in total. The lowest BCUT2D eigenvalue weighted by molar-refractivity contribution is -0.141. The summed E-state index contributed by atoms with van der Waals surface area (Å²) in [5.41, 5.74) is 3.06. The Bertz CT molecular complexity index is 843. The first kappa shape index (κ1) is 15.8. The molecule has 0 amide bonds. The zero-order valence-electron chi connectivity index (χ0n) is 14.4. The van der Waals surface area contributed by atoms with Crippen LogP contribution in [0.5, 0.6) is 5.75 Å². The van der Waals surface area contributed by atoms with Crippen LogP contribution in [0.4, 0.5) is 0 Å². The predicted molar refractivity (Wildman–Crippen MR) is 94.9 cm³/mol. The van der Waals surface area contributed by atoms with Crippen molar-refractivity contribution in [1.82, 2.24) is 5.32 Å². The van der Waals surface area contributed by atoms with E-state index in [9.17, 15) is 4.79 Å². The van der Waals surface area contributed by atoms with Gasteiger partial charge in [0, 0.05) is 23.6 Å². The minimum Gasteiger partial charge on any atom is -0.468 e. The summed E-state index contributed by atoms with van der Waals surface area (Å²) in [7, 11) is 0. The van der Waals surface area contributed by atoms with Gasteiger partial charge < -0.3 is 14.8 Å². The molecule has 0 unspecified atom stereocenters. The van der Waals surface area contributed by atoms with E-state index in [0.29, 0.717) is 12.0 Å². The molecule has 25 heavy (non-hydrogen) atoms. The number of esters is 1. The minimum absolute atomic E-state index is 0.0144. The first-order valence-corrected chi connectivity index (χ1v) is 8.54. The number of allylic oxidation sites excluding steroid dienone is 1. The molecule has 2 aliphatic rings. The number of fused-ring (bicyclic) bond motifs is 4. The van der Waals surface area contributed by atoms with E-state index in [-0.39, 0.29) is 18.5 Å². The average Bonchev–Trinajstić information content (AvgIpc) is 2.60. The van der Waals surface area contributed by atoms with Crippen LogP contribution in [0.1, 0.15) is 37.3 Å². The van der Waals surface area contributed by atoms with Crippen LogP contribution in [0.2, 0.25) is 0 Å². The van der Waals surface area contributed by atoms with Crippen molar-refractivity contribution in [3.63, 3.8) is 0 Å². The van der Waals surface area contributed by atoms with Gasteiger partial charge in [-0.3, -0.25) is 0 Å². The molecule has 2 heterocycles. The highest BCUT2D eigenvalue weighted by Gasteiger charge is 2.45. The van der Waals surface area contributed by atoms with Gasteiger partial charge in [-0.1, -0.05) is 48.5 Å². The zero-order valence-corrected chi connectivity index (χ0v) is 14.4. The van der Waals surface area contributed by atoms with Crippen molar-refractivity contribution in [2.75, 3.05) is 0 Å². The fourth-order valence-corrected chi connectivity index (χ4v) is 3.80. The van der Waals surface area contributed by atoms with Gasteiger partial charge in [0.25, 0.3) is 0 Å². The van der Waals surface area contributed by atoms with Crippen molar-refractivity contribution in [3.8, 4) is 5.75 Å². The molecule has 1 N–H and O–H groups in total. The maximum absolute atomic E-state index is 12.8. The number of hydrogen-bond acceptors (Lipinski definition) is 4. The molecule has 2 atom stereocenters. The van der Waals surface area contributed by atoms with E-state index in [1.54, 1.807) is 0 Å². The van der Waals surface area contributed by atoms with Crippen LogP contribution in [0.25, 0.3) is 0 Å². The highest BCUT2D eigenvalue weighted by Crippen LogP contribution is 2.47. The van der Waals surface area contributed by atoms with E-state index in [0.717, 1.165) is 22.6 Å². The average molecular weight is 335 g/mol. The van der Waals surface area contributed by atoms with Gasteiger partial charge in [-0.15, -0.1) is 0 Å². The van der Waals surface area contributed by atoms with E-state index >= 15 is 0 Å². The number of benzene rings is 2. The number of ether oxygens (including phenoxy) is 2. The molecule has 0 saturated heterocycles. The van der Waals surface area contributed by atoms with E-state index < -0.39 is 5.72 Å². The fourth-order valence-electron chi connectivity index (χ4n) is 3.80. The Morgan fingerprint density at radius 1 is 1.20 bits per heavy atom. The second-order valence-electron chi connectivity index (χ2n) is 6.85. The van der Waals surface area contributed by atoms with E-state index in [1.165, 1.54) is 0 Å². The molecule has 0 aliphatic carbocycles. The summed E-state index contributed by atoms with van der Waals surface area (Å²) in [4.78, 5) is 12.8. The molecule has 2 bridgehead atoms. The number of nitrogens with one attached hydrogen (secondary N) is 1. The van der Waals surface area contributed by atoms with Crippen LogP contribution in [0.3, 0.4) is 0 Å². The summed E-state index contributed by atoms with van der Waals surface area (Å²) in [6.07, 6.45) is 0.705. The molecule has 2 aliphatic heterocycles. The summed E-state index contributed by atoms with van der Waals surface area (Å²) in [6, 6.07) is 17.7. The zero-order chi connectivity index (χ0) is 17.4. The Morgan fingerprint density at radius 2 is 1.92 bits per heavy atom. The molecule has 0 aromatic heterocycles. The van der Waals surface area contributed by atoms with Crippen LogP contribution in [-0.4, -0.2) is 11.7 Å². The topological polar surface area (TPSA) is 47.6 Å². The van der Waals surface area contributed by atoms with Gasteiger partial charge in [0.05, 0.1) is 5.57 Å². The normalized spacial score (nSPS) is 24.0. The second-order valence-corrected chi connectivity index (χ2v) is 6.85. The van der Waals surface area contributed by atoms with Gasteiger partial charge in [0.1, 0.15) is 12.4 Å². The van der Waals surface area contributed by atoms with Crippen molar-refractivity contribution >= 4 is 5.97 Å². The summed E-state index contributed by atoms with van der Waals surface area (Å²) in [6.45, 7) is 4.21. The molecular weight excluding hydrogens is 314 g/mol. The lowest BCUT2D eigenvalue weighted by Crippen LogP contribution is -2.54. The molecule has 0 saturated carbocycles. The SMILES string of the molecule is CC1=C(C(=O)OCc2ccccc2)[C@H]2C[C@@](C)(N1)Oc1ccccc12. The number of para-hydroxylation sites is 1. The summed E-state index contributed by atoms with van der Waals surface area (Å²) < 4.78 is 11.7. The van der Waals surface area contributed by atoms with E-state index in [2.05, 4.69) is 5.32 Å². The summed E-state index contributed by atoms with van der Waals surface area (Å²) in [5, 5.41) is 3.35. The van der Waals surface area contributed by atoms with Gasteiger partial charge in [0.15, 0.2) is 5.72 Å². The molecule has 2 aromatic rings. The Hall–Kier alpha value is -2.75. The van der Waals surface area contributed by atoms with Crippen LogP contribution < -0.4 is 10.1 Å². The van der Waals surface area contributed by atoms with Gasteiger partial charge >= 0.3 is 5.97 Å². The lowest BCUT2D eigenvalue weighted by atomic mass is 9.78.